The van der Waals surface area contributed by atoms with Crippen molar-refractivity contribution in [3.63, 3.8) is 0 Å². The number of hydrogen-bond acceptors (Lipinski definition) is 3. The smallest absolute Gasteiger partial charge is 0.148 e. The van der Waals surface area contributed by atoms with Gasteiger partial charge in [0.15, 0.2) is 0 Å². The van der Waals surface area contributed by atoms with Gasteiger partial charge in [0.1, 0.15) is 5.82 Å². The summed E-state index contributed by atoms with van der Waals surface area (Å²) in [5.41, 5.74) is 7.92. The highest BCUT2D eigenvalue weighted by Crippen LogP contribution is 2.32. The molecule has 3 N–H and O–H groups in total. The van der Waals surface area contributed by atoms with Gasteiger partial charge in [-0.05, 0) is 39.5 Å². The molecule has 19 heavy (non-hydrogen) atoms. The summed E-state index contributed by atoms with van der Waals surface area (Å²) in [6, 6.07) is 0.888. The number of aromatic nitrogens is 2. The van der Waals surface area contributed by atoms with Crippen LogP contribution in [0.3, 0.4) is 0 Å². The van der Waals surface area contributed by atoms with Crippen LogP contribution in [-0.2, 0) is 0 Å². The first-order chi connectivity index (χ1) is 9.02. The molecule has 0 radical (unpaired) electrons. The lowest BCUT2D eigenvalue weighted by molar-refractivity contribution is 0.326. The van der Waals surface area contributed by atoms with Crippen LogP contribution in [0.4, 0.5) is 11.5 Å². The van der Waals surface area contributed by atoms with Gasteiger partial charge in [-0.1, -0.05) is 26.2 Å². The molecule has 1 heterocycles. The Morgan fingerprint density at radius 1 is 1.42 bits per heavy atom. The van der Waals surface area contributed by atoms with Crippen molar-refractivity contribution in [1.29, 1.82) is 0 Å². The average Bonchev–Trinajstić information content (AvgIpc) is 2.67. The Morgan fingerprint density at radius 3 is 2.79 bits per heavy atom. The molecular formula is C15H28N4. The molecule has 0 amide bonds. The normalized spacial score (nSPS) is 23.8. The van der Waals surface area contributed by atoms with Crippen LogP contribution < -0.4 is 11.1 Å². The standard InChI is InChI=1S/C15H28N4/c1-5-12-7-6-8-13(9-12)17-15-14(16)11(4)18-19(15)10(2)3/h10,12-13,17H,5-9,16H2,1-4H3. The van der Waals surface area contributed by atoms with Crippen LogP contribution in [0.25, 0.3) is 0 Å². The van der Waals surface area contributed by atoms with Crippen molar-refractivity contribution in [1.82, 2.24) is 9.78 Å². The fourth-order valence-electron chi connectivity index (χ4n) is 3.06. The Kier molecular flexibility index (Phi) is 4.38. The first kappa shape index (κ1) is 14.2. The maximum Gasteiger partial charge on any atom is 0.148 e. The summed E-state index contributed by atoms with van der Waals surface area (Å²) in [5, 5.41) is 8.20. The molecule has 0 aromatic carbocycles. The molecule has 4 nitrogen and oxygen atoms in total. The molecule has 0 spiro atoms. The van der Waals surface area contributed by atoms with Gasteiger partial charge in [0.2, 0.25) is 0 Å². The van der Waals surface area contributed by atoms with E-state index >= 15 is 0 Å². The van der Waals surface area contributed by atoms with Gasteiger partial charge in [0.25, 0.3) is 0 Å². The molecule has 2 rings (SSSR count). The van der Waals surface area contributed by atoms with Crippen LogP contribution in [0.1, 0.15) is 64.6 Å². The number of rotatable bonds is 4. The minimum Gasteiger partial charge on any atom is -0.394 e. The van der Waals surface area contributed by atoms with Gasteiger partial charge in [-0.25, -0.2) is 4.68 Å². The van der Waals surface area contributed by atoms with E-state index in [1.54, 1.807) is 0 Å². The number of nitrogens with one attached hydrogen (secondary N) is 1. The molecule has 0 bridgehead atoms. The van der Waals surface area contributed by atoms with E-state index in [1.807, 2.05) is 11.6 Å². The van der Waals surface area contributed by atoms with E-state index < -0.39 is 0 Å². The number of nitrogens with zero attached hydrogens (tertiary/aromatic N) is 2. The molecule has 2 atom stereocenters. The molecule has 0 aliphatic heterocycles. The van der Waals surface area contributed by atoms with Crippen molar-refractivity contribution in [3.05, 3.63) is 5.69 Å². The van der Waals surface area contributed by atoms with Crippen molar-refractivity contribution >= 4 is 11.5 Å². The Labute approximate surface area is 116 Å². The highest BCUT2D eigenvalue weighted by atomic mass is 15.4. The van der Waals surface area contributed by atoms with E-state index in [9.17, 15) is 0 Å². The molecule has 1 saturated carbocycles. The SMILES string of the molecule is CCC1CCCC(Nc2c(N)c(C)nn2C(C)C)C1. The second-order valence-electron chi connectivity index (χ2n) is 6.17. The zero-order valence-electron chi connectivity index (χ0n) is 12.7. The fraction of sp³-hybridized carbons (Fsp3) is 0.800. The van der Waals surface area contributed by atoms with Crippen LogP contribution in [0.5, 0.6) is 0 Å². The largest absolute Gasteiger partial charge is 0.394 e. The predicted molar refractivity (Wildman–Crippen MR) is 81.4 cm³/mol. The summed E-state index contributed by atoms with van der Waals surface area (Å²) in [4.78, 5) is 0. The molecule has 108 valence electrons. The highest BCUT2D eigenvalue weighted by molar-refractivity contribution is 5.65. The van der Waals surface area contributed by atoms with E-state index in [0.29, 0.717) is 12.1 Å². The molecule has 4 heteroatoms. The maximum atomic E-state index is 6.18. The number of aryl methyl sites for hydroxylation is 1. The van der Waals surface area contributed by atoms with Crippen LogP contribution in [0.2, 0.25) is 0 Å². The van der Waals surface area contributed by atoms with E-state index in [-0.39, 0.29) is 0 Å². The zero-order chi connectivity index (χ0) is 14.0. The van der Waals surface area contributed by atoms with Crippen molar-refractivity contribution in [2.24, 2.45) is 5.92 Å². The molecule has 1 aromatic rings. The van der Waals surface area contributed by atoms with Gasteiger partial charge in [0, 0.05) is 12.1 Å². The van der Waals surface area contributed by atoms with Crippen molar-refractivity contribution < 1.29 is 0 Å². The fourth-order valence-corrected chi connectivity index (χ4v) is 3.06. The van der Waals surface area contributed by atoms with Gasteiger partial charge >= 0.3 is 0 Å². The quantitative estimate of drug-likeness (QED) is 0.871. The van der Waals surface area contributed by atoms with Gasteiger partial charge in [-0.15, -0.1) is 0 Å². The van der Waals surface area contributed by atoms with Crippen LogP contribution in [0, 0.1) is 12.8 Å². The Morgan fingerprint density at radius 2 is 2.16 bits per heavy atom. The molecule has 1 aliphatic rings. The van der Waals surface area contributed by atoms with Gasteiger partial charge in [-0.3, -0.25) is 0 Å². The molecule has 0 saturated heterocycles. The molecule has 1 fully saturated rings. The van der Waals surface area contributed by atoms with Gasteiger partial charge in [0.05, 0.1) is 11.4 Å². The number of nitrogen functional groups attached to an aromatic ring is 1. The average molecular weight is 264 g/mol. The summed E-state index contributed by atoms with van der Waals surface area (Å²) < 4.78 is 2.03. The number of anilines is 2. The lowest BCUT2D eigenvalue weighted by Gasteiger charge is -2.30. The zero-order valence-corrected chi connectivity index (χ0v) is 12.7. The van der Waals surface area contributed by atoms with E-state index in [1.165, 1.54) is 32.1 Å². The maximum absolute atomic E-state index is 6.18. The van der Waals surface area contributed by atoms with Crippen molar-refractivity contribution in [3.8, 4) is 0 Å². The number of nitrogens with two attached hydrogens (primary N) is 1. The summed E-state index contributed by atoms with van der Waals surface area (Å²) in [5.74, 6) is 1.89. The van der Waals surface area contributed by atoms with E-state index in [4.69, 9.17) is 5.73 Å². The van der Waals surface area contributed by atoms with Gasteiger partial charge in [-0.2, -0.15) is 5.10 Å². The van der Waals surface area contributed by atoms with Crippen molar-refractivity contribution in [2.45, 2.75) is 71.9 Å². The summed E-state index contributed by atoms with van der Waals surface area (Å²) >= 11 is 0. The second kappa shape index (κ2) is 5.85. The first-order valence-corrected chi connectivity index (χ1v) is 7.64. The molecule has 2 unspecified atom stereocenters. The lowest BCUT2D eigenvalue weighted by Crippen LogP contribution is -2.28. The molecular weight excluding hydrogens is 236 g/mol. The van der Waals surface area contributed by atoms with Crippen LogP contribution in [0.15, 0.2) is 0 Å². The third-order valence-electron chi connectivity index (χ3n) is 4.32. The van der Waals surface area contributed by atoms with E-state index in [0.717, 1.165) is 23.1 Å². The first-order valence-electron chi connectivity index (χ1n) is 7.64. The highest BCUT2D eigenvalue weighted by Gasteiger charge is 2.23. The second-order valence-corrected chi connectivity index (χ2v) is 6.17. The van der Waals surface area contributed by atoms with E-state index in [2.05, 4.69) is 31.2 Å². The number of hydrogen-bond donors (Lipinski definition) is 2. The van der Waals surface area contributed by atoms with Crippen LogP contribution in [-0.4, -0.2) is 15.8 Å². The van der Waals surface area contributed by atoms with Gasteiger partial charge < -0.3 is 11.1 Å². The summed E-state index contributed by atoms with van der Waals surface area (Å²) in [6.07, 6.45) is 6.50. The molecule has 1 aliphatic carbocycles. The minimum atomic E-state index is 0.337. The third kappa shape index (κ3) is 3.04. The summed E-state index contributed by atoms with van der Waals surface area (Å²) in [6.45, 7) is 8.57. The monoisotopic (exact) mass is 264 g/mol. The van der Waals surface area contributed by atoms with Crippen molar-refractivity contribution in [2.75, 3.05) is 11.1 Å². The summed E-state index contributed by atoms with van der Waals surface area (Å²) in [7, 11) is 0. The predicted octanol–water partition coefficient (Wildman–Crippen LogP) is 3.74. The Hall–Kier alpha value is -1.19. The molecule has 1 aromatic heterocycles. The Bertz CT molecular complexity index is 422. The minimum absolute atomic E-state index is 0.337. The lowest BCUT2D eigenvalue weighted by atomic mass is 9.84. The Balaban J connectivity index is 2.14. The topological polar surface area (TPSA) is 55.9 Å². The third-order valence-corrected chi connectivity index (χ3v) is 4.32. The van der Waals surface area contributed by atoms with Crippen LogP contribution >= 0.6 is 0 Å².